The molecule has 0 bridgehead atoms. The molecule has 1 aromatic carbocycles. The molecule has 1 rings (SSSR count). The molecule has 0 aliphatic rings. The van der Waals surface area contributed by atoms with E-state index in [1.165, 1.54) is 0 Å². The van der Waals surface area contributed by atoms with Crippen molar-refractivity contribution in [2.45, 2.75) is 19.9 Å². The molecule has 0 amide bonds. The summed E-state index contributed by atoms with van der Waals surface area (Å²) in [7, 11) is 0. The van der Waals surface area contributed by atoms with Crippen LogP contribution in [0.2, 0.25) is 0 Å². The van der Waals surface area contributed by atoms with Crippen molar-refractivity contribution in [2.24, 2.45) is 0 Å². The Bertz CT molecular complexity index is 344. The van der Waals surface area contributed by atoms with E-state index in [4.69, 9.17) is 10.00 Å². The maximum absolute atomic E-state index is 8.46. The molecule has 1 N–H and O–H groups in total. The van der Waals surface area contributed by atoms with Gasteiger partial charge in [-0.3, -0.25) is 5.32 Å². The summed E-state index contributed by atoms with van der Waals surface area (Å²) in [6.07, 6.45) is 0. The third-order valence-electron chi connectivity index (χ3n) is 2.16. The van der Waals surface area contributed by atoms with E-state index < -0.39 is 0 Å². The molecule has 80 valence electrons. The maximum Gasteiger partial charge on any atom is 0.119 e. The summed E-state index contributed by atoms with van der Waals surface area (Å²) >= 11 is 0. The van der Waals surface area contributed by atoms with E-state index in [0.29, 0.717) is 13.2 Å². The minimum absolute atomic E-state index is 0.171. The van der Waals surface area contributed by atoms with Crippen molar-refractivity contribution in [3.63, 3.8) is 0 Å². The number of ether oxygens (including phenoxy) is 1. The van der Waals surface area contributed by atoms with Crippen LogP contribution >= 0.6 is 0 Å². The Morgan fingerprint density at radius 3 is 3.00 bits per heavy atom. The highest BCUT2D eigenvalue weighted by Gasteiger charge is 2.04. The van der Waals surface area contributed by atoms with Crippen LogP contribution in [0.1, 0.15) is 25.5 Å². The molecule has 1 unspecified atom stereocenters. The maximum atomic E-state index is 8.46. The molecule has 1 aromatic rings. The lowest BCUT2D eigenvalue weighted by Gasteiger charge is -2.13. The molecule has 3 heteroatoms. The molecule has 1 atom stereocenters. The first-order chi connectivity index (χ1) is 7.27. The molecule has 0 saturated heterocycles. The van der Waals surface area contributed by atoms with Crippen molar-refractivity contribution >= 4 is 0 Å². The molecule has 0 fully saturated rings. The predicted molar refractivity (Wildman–Crippen MR) is 59.6 cm³/mol. The van der Waals surface area contributed by atoms with Gasteiger partial charge in [0.05, 0.1) is 19.2 Å². The van der Waals surface area contributed by atoms with Crippen LogP contribution in [0.25, 0.3) is 0 Å². The molecule has 0 heterocycles. The summed E-state index contributed by atoms with van der Waals surface area (Å²) in [5.41, 5.74) is 1.14. The van der Waals surface area contributed by atoms with Crippen LogP contribution in [0.3, 0.4) is 0 Å². The fraction of sp³-hybridized carbons (Fsp3) is 0.417. The van der Waals surface area contributed by atoms with Crippen molar-refractivity contribution < 1.29 is 4.74 Å². The summed E-state index contributed by atoms with van der Waals surface area (Å²) in [4.78, 5) is 0. The van der Waals surface area contributed by atoms with Gasteiger partial charge in [0.1, 0.15) is 5.75 Å². The van der Waals surface area contributed by atoms with Gasteiger partial charge in [-0.05, 0) is 31.5 Å². The van der Waals surface area contributed by atoms with E-state index in [1.54, 1.807) is 0 Å². The van der Waals surface area contributed by atoms with Crippen LogP contribution in [-0.4, -0.2) is 13.2 Å². The van der Waals surface area contributed by atoms with E-state index in [-0.39, 0.29) is 6.04 Å². The minimum atomic E-state index is 0.171. The highest BCUT2D eigenvalue weighted by atomic mass is 16.5. The van der Waals surface area contributed by atoms with Crippen molar-refractivity contribution in [1.82, 2.24) is 5.32 Å². The van der Waals surface area contributed by atoms with E-state index in [1.807, 2.05) is 38.1 Å². The number of hydrogen-bond donors (Lipinski definition) is 1. The van der Waals surface area contributed by atoms with Crippen LogP contribution in [-0.2, 0) is 0 Å². The summed E-state index contributed by atoms with van der Waals surface area (Å²) < 4.78 is 5.41. The normalized spacial score (nSPS) is 11.8. The van der Waals surface area contributed by atoms with Crippen molar-refractivity contribution in [3.05, 3.63) is 29.8 Å². The Labute approximate surface area is 90.7 Å². The zero-order chi connectivity index (χ0) is 11.1. The Kier molecular flexibility index (Phi) is 4.65. The van der Waals surface area contributed by atoms with Gasteiger partial charge in [0, 0.05) is 6.04 Å². The first kappa shape index (κ1) is 11.5. The van der Waals surface area contributed by atoms with Gasteiger partial charge in [0.15, 0.2) is 0 Å². The Morgan fingerprint density at radius 2 is 2.33 bits per heavy atom. The standard InChI is InChI=1S/C12H16N2O/c1-3-15-12-6-4-5-11(9-12)10(2)14-8-7-13/h4-6,9-10,14H,3,8H2,1-2H3. The molecular formula is C12H16N2O. The minimum Gasteiger partial charge on any atom is -0.494 e. The van der Waals surface area contributed by atoms with Crippen LogP contribution < -0.4 is 10.1 Å². The number of nitrogens with zero attached hydrogens (tertiary/aromatic N) is 1. The van der Waals surface area contributed by atoms with Crippen molar-refractivity contribution in [3.8, 4) is 11.8 Å². The number of benzene rings is 1. The molecule has 3 nitrogen and oxygen atoms in total. The second-order valence-corrected chi connectivity index (χ2v) is 3.27. The number of nitriles is 1. The van der Waals surface area contributed by atoms with Crippen LogP contribution in [0.4, 0.5) is 0 Å². The lowest BCUT2D eigenvalue weighted by atomic mass is 10.1. The first-order valence-corrected chi connectivity index (χ1v) is 5.11. The molecule has 0 saturated carbocycles. The van der Waals surface area contributed by atoms with Gasteiger partial charge in [0.2, 0.25) is 0 Å². The number of rotatable bonds is 5. The summed E-state index contributed by atoms with van der Waals surface area (Å²) in [5.74, 6) is 0.876. The molecule has 0 aromatic heterocycles. The first-order valence-electron chi connectivity index (χ1n) is 5.11. The second-order valence-electron chi connectivity index (χ2n) is 3.27. The fourth-order valence-electron chi connectivity index (χ4n) is 1.36. The topological polar surface area (TPSA) is 45.0 Å². The summed E-state index contributed by atoms with van der Waals surface area (Å²) in [6.45, 7) is 5.02. The SMILES string of the molecule is CCOc1cccc(C(C)NCC#N)c1. The highest BCUT2D eigenvalue weighted by molar-refractivity contribution is 5.30. The molecular weight excluding hydrogens is 188 g/mol. The van der Waals surface area contributed by atoms with Gasteiger partial charge < -0.3 is 4.74 Å². The van der Waals surface area contributed by atoms with Crippen molar-refractivity contribution in [1.29, 1.82) is 5.26 Å². The average molecular weight is 204 g/mol. The fourth-order valence-corrected chi connectivity index (χ4v) is 1.36. The largest absolute Gasteiger partial charge is 0.494 e. The molecule has 0 aliphatic carbocycles. The lowest BCUT2D eigenvalue weighted by molar-refractivity contribution is 0.339. The Hall–Kier alpha value is -1.53. The highest BCUT2D eigenvalue weighted by Crippen LogP contribution is 2.18. The molecule has 15 heavy (non-hydrogen) atoms. The quantitative estimate of drug-likeness (QED) is 0.748. The van der Waals surface area contributed by atoms with Crippen LogP contribution in [0.15, 0.2) is 24.3 Å². The number of nitrogens with one attached hydrogen (secondary N) is 1. The predicted octanol–water partition coefficient (Wildman–Crippen LogP) is 2.26. The summed E-state index contributed by atoms with van der Waals surface area (Å²) in [6, 6.07) is 10.2. The second kappa shape index (κ2) is 6.05. The third kappa shape index (κ3) is 3.61. The zero-order valence-electron chi connectivity index (χ0n) is 9.16. The van der Waals surface area contributed by atoms with Gasteiger partial charge in [0.25, 0.3) is 0 Å². The van der Waals surface area contributed by atoms with Gasteiger partial charge in [-0.2, -0.15) is 5.26 Å². The van der Waals surface area contributed by atoms with E-state index in [2.05, 4.69) is 11.4 Å². The summed E-state index contributed by atoms with van der Waals surface area (Å²) in [5, 5.41) is 11.6. The smallest absolute Gasteiger partial charge is 0.119 e. The monoisotopic (exact) mass is 204 g/mol. The molecule has 0 radical (unpaired) electrons. The number of hydrogen-bond acceptors (Lipinski definition) is 3. The van der Waals surface area contributed by atoms with Crippen LogP contribution in [0, 0.1) is 11.3 Å². The van der Waals surface area contributed by atoms with Crippen LogP contribution in [0.5, 0.6) is 5.75 Å². The van der Waals surface area contributed by atoms with Crippen molar-refractivity contribution in [2.75, 3.05) is 13.2 Å². The third-order valence-corrected chi connectivity index (χ3v) is 2.16. The van der Waals surface area contributed by atoms with E-state index in [9.17, 15) is 0 Å². The average Bonchev–Trinajstić information content (AvgIpc) is 2.27. The molecule has 0 spiro atoms. The van der Waals surface area contributed by atoms with Gasteiger partial charge in [-0.1, -0.05) is 12.1 Å². The van der Waals surface area contributed by atoms with Gasteiger partial charge in [-0.25, -0.2) is 0 Å². The Balaban J connectivity index is 2.67. The Morgan fingerprint density at radius 1 is 1.53 bits per heavy atom. The van der Waals surface area contributed by atoms with Gasteiger partial charge in [-0.15, -0.1) is 0 Å². The van der Waals surface area contributed by atoms with Gasteiger partial charge >= 0.3 is 0 Å². The molecule has 0 aliphatic heterocycles. The van der Waals surface area contributed by atoms with E-state index in [0.717, 1.165) is 11.3 Å². The zero-order valence-corrected chi connectivity index (χ0v) is 9.16. The lowest BCUT2D eigenvalue weighted by Crippen LogP contribution is -2.18. The van der Waals surface area contributed by atoms with E-state index >= 15 is 0 Å².